The van der Waals surface area contributed by atoms with Crippen LogP contribution in [-0.4, -0.2) is 13.1 Å². The number of hydrogen-bond acceptors (Lipinski definition) is 4. The van der Waals surface area contributed by atoms with E-state index in [0.717, 1.165) is 19.9 Å². The van der Waals surface area contributed by atoms with Crippen LogP contribution in [0, 0.1) is 6.92 Å². The van der Waals surface area contributed by atoms with Gasteiger partial charge in [0.1, 0.15) is 0 Å². The molecule has 0 aliphatic heterocycles. The molecular weight excluding hydrogens is 326 g/mol. The molecule has 3 nitrogen and oxygen atoms in total. The van der Waals surface area contributed by atoms with Crippen LogP contribution in [0.15, 0.2) is 40.9 Å². The summed E-state index contributed by atoms with van der Waals surface area (Å²) in [4.78, 5) is 14.0. The fourth-order valence-corrected chi connectivity index (χ4v) is 3.29. The Kier molecular flexibility index (Phi) is 4.61. The molecule has 0 aliphatic carbocycles. The van der Waals surface area contributed by atoms with E-state index < -0.39 is 6.04 Å². The number of aryl methyl sites for hydroxylation is 1. The Morgan fingerprint density at radius 3 is 2.58 bits per heavy atom. The monoisotopic (exact) mass is 339 g/mol. The lowest BCUT2D eigenvalue weighted by Gasteiger charge is -2.16. The van der Waals surface area contributed by atoms with Gasteiger partial charge in [-0.05, 0) is 41.1 Å². The molecule has 0 amide bonds. The van der Waals surface area contributed by atoms with Gasteiger partial charge in [0.05, 0.1) is 7.11 Å². The minimum Gasteiger partial charge on any atom is -0.467 e. The lowest BCUT2D eigenvalue weighted by Crippen LogP contribution is -2.21. The molecule has 1 aromatic carbocycles. The molecule has 0 spiro atoms. The van der Waals surface area contributed by atoms with E-state index in [1.165, 1.54) is 7.11 Å². The molecule has 0 saturated carbocycles. The molecule has 2 aromatic rings. The average molecular weight is 340 g/mol. The number of nitrogens with one attached hydrogen (secondary N) is 1. The maximum atomic E-state index is 11.9. The smallest absolute Gasteiger partial charge is 0.333 e. The van der Waals surface area contributed by atoms with Gasteiger partial charge in [0.2, 0.25) is 0 Å². The summed E-state index contributed by atoms with van der Waals surface area (Å²) in [7, 11) is 1.40. The van der Waals surface area contributed by atoms with Crippen molar-refractivity contribution >= 4 is 38.9 Å². The van der Waals surface area contributed by atoms with Gasteiger partial charge in [0.15, 0.2) is 6.04 Å². The molecule has 1 aromatic heterocycles. The van der Waals surface area contributed by atoms with Crippen molar-refractivity contribution in [3.63, 3.8) is 0 Å². The molecule has 1 unspecified atom stereocenters. The van der Waals surface area contributed by atoms with Crippen molar-refractivity contribution in [3.05, 3.63) is 50.6 Å². The molecule has 0 fully saturated rings. The zero-order valence-corrected chi connectivity index (χ0v) is 13.0. The van der Waals surface area contributed by atoms with Gasteiger partial charge in [-0.2, -0.15) is 0 Å². The largest absolute Gasteiger partial charge is 0.467 e. The van der Waals surface area contributed by atoms with Crippen LogP contribution in [0.3, 0.4) is 0 Å². The van der Waals surface area contributed by atoms with Crippen LogP contribution in [-0.2, 0) is 9.53 Å². The van der Waals surface area contributed by atoms with Crippen LogP contribution in [0.25, 0.3) is 0 Å². The second kappa shape index (κ2) is 6.21. The first-order valence-corrected chi connectivity index (χ1v) is 7.38. The van der Waals surface area contributed by atoms with Crippen molar-refractivity contribution in [2.24, 2.45) is 0 Å². The van der Waals surface area contributed by atoms with Crippen LogP contribution in [0.4, 0.5) is 5.69 Å². The lowest BCUT2D eigenvalue weighted by atomic mass is 10.2. The van der Waals surface area contributed by atoms with Crippen LogP contribution < -0.4 is 5.32 Å². The summed E-state index contributed by atoms with van der Waals surface area (Å²) in [6, 6.07) is 11.1. The van der Waals surface area contributed by atoms with Gasteiger partial charge >= 0.3 is 5.97 Å². The van der Waals surface area contributed by atoms with Gasteiger partial charge in [-0.15, -0.1) is 11.3 Å². The van der Waals surface area contributed by atoms with E-state index in [1.807, 2.05) is 43.3 Å². The first kappa shape index (κ1) is 14.1. The van der Waals surface area contributed by atoms with E-state index in [4.69, 9.17) is 4.74 Å². The number of benzene rings is 1. The second-order valence-corrected chi connectivity index (χ2v) is 6.16. The summed E-state index contributed by atoms with van der Waals surface area (Å²) in [5, 5.41) is 3.20. The topological polar surface area (TPSA) is 38.3 Å². The highest BCUT2D eigenvalue weighted by molar-refractivity contribution is 9.10. The molecule has 2 rings (SSSR count). The first-order chi connectivity index (χ1) is 9.11. The molecular formula is C14H14BrNO2S. The number of ether oxygens (including phenoxy) is 1. The second-order valence-electron chi connectivity index (χ2n) is 4.02. The molecule has 0 aliphatic rings. The molecule has 5 heteroatoms. The molecule has 0 radical (unpaired) electrons. The Morgan fingerprint density at radius 2 is 2.05 bits per heavy atom. The van der Waals surface area contributed by atoms with Crippen molar-refractivity contribution in [3.8, 4) is 0 Å². The van der Waals surface area contributed by atoms with E-state index >= 15 is 0 Å². The van der Waals surface area contributed by atoms with Crippen molar-refractivity contribution in [1.82, 2.24) is 0 Å². The van der Waals surface area contributed by atoms with E-state index in [0.29, 0.717) is 0 Å². The third-order valence-corrected chi connectivity index (χ3v) is 4.88. The Balaban J connectivity index is 2.29. The molecule has 1 heterocycles. The molecule has 1 N–H and O–H groups in total. The minimum absolute atomic E-state index is 0.294. The number of carbonyl (C=O) groups is 1. The molecule has 0 saturated heterocycles. The minimum atomic E-state index is -0.484. The zero-order valence-electron chi connectivity index (χ0n) is 10.6. The fourth-order valence-electron chi connectivity index (χ4n) is 1.69. The number of esters is 1. The molecule has 1 atom stereocenters. The highest BCUT2D eigenvalue weighted by atomic mass is 79.9. The molecule has 100 valence electrons. The van der Waals surface area contributed by atoms with Crippen LogP contribution in [0.2, 0.25) is 0 Å². The number of methoxy groups -OCH3 is 1. The number of rotatable bonds is 4. The predicted molar refractivity (Wildman–Crippen MR) is 81.6 cm³/mol. The maximum Gasteiger partial charge on any atom is 0.333 e. The van der Waals surface area contributed by atoms with Crippen molar-refractivity contribution in [1.29, 1.82) is 0 Å². The zero-order chi connectivity index (χ0) is 13.8. The standard InChI is InChI=1S/C14H14BrNO2S/c1-9-11(15)8-12(19-9)13(14(17)18-2)16-10-6-4-3-5-7-10/h3-8,13,16H,1-2H3. The number of halogens is 1. The van der Waals surface area contributed by atoms with E-state index in [9.17, 15) is 4.79 Å². The molecule has 0 bridgehead atoms. The van der Waals surface area contributed by atoms with E-state index in [-0.39, 0.29) is 5.97 Å². The Morgan fingerprint density at radius 1 is 1.37 bits per heavy atom. The number of hydrogen-bond donors (Lipinski definition) is 1. The van der Waals surface area contributed by atoms with Gasteiger partial charge in [-0.3, -0.25) is 0 Å². The normalized spacial score (nSPS) is 11.9. The van der Waals surface area contributed by atoms with E-state index in [1.54, 1.807) is 11.3 Å². The summed E-state index contributed by atoms with van der Waals surface area (Å²) in [6.07, 6.45) is 0. The maximum absolute atomic E-state index is 11.9. The van der Waals surface area contributed by atoms with Crippen LogP contribution in [0.5, 0.6) is 0 Å². The van der Waals surface area contributed by atoms with Crippen molar-refractivity contribution < 1.29 is 9.53 Å². The highest BCUT2D eigenvalue weighted by Crippen LogP contribution is 2.32. The third kappa shape index (κ3) is 3.36. The predicted octanol–water partition coefficient (Wildman–Crippen LogP) is 4.15. The molecule has 19 heavy (non-hydrogen) atoms. The fraction of sp³-hybridized carbons (Fsp3) is 0.214. The van der Waals surface area contributed by atoms with Crippen LogP contribution >= 0.6 is 27.3 Å². The third-order valence-electron chi connectivity index (χ3n) is 2.68. The Hall–Kier alpha value is -1.33. The van der Waals surface area contributed by atoms with Gasteiger partial charge in [-0.25, -0.2) is 4.79 Å². The van der Waals surface area contributed by atoms with Crippen molar-refractivity contribution in [2.75, 3.05) is 12.4 Å². The van der Waals surface area contributed by atoms with Crippen molar-refractivity contribution in [2.45, 2.75) is 13.0 Å². The summed E-state index contributed by atoms with van der Waals surface area (Å²) < 4.78 is 5.89. The SMILES string of the molecule is COC(=O)C(Nc1ccccc1)c1cc(Br)c(C)s1. The summed E-state index contributed by atoms with van der Waals surface area (Å²) in [5.41, 5.74) is 0.889. The quantitative estimate of drug-likeness (QED) is 0.850. The van der Waals surface area contributed by atoms with E-state index in [2.05, 4.69) is 21.2 Å². The number of carbonyl (C=O) groups excluding carboxylic acids is 1. The first-order valence-electron chi connectivity index (χ1n) is 5.77. The van der Waals surface area contributed by atoms with Gasteiger partial charge in [0.25, 0.3) is 0 Å². The summed E-state index contributed by atoms with van der Waals surface area (Å²) >= 11 is 5.05. The average Bonchev–Trinajstić information content (AvgIpc) is 2.76. The van der Waals surface area contributed by atoms with Gasteiger partial charge in [0, 0.05) is 19.9 Å². The highest BCUT2D eigenvalue weighted by Gasteiger charge is 2.23. The number of thiophene rings is 1. The summed E-state index contributed by atoms with van der Waals surface area (Å²) in [5.74, 6) is -0.294. The number of para-hydroxylation sites is 1. The Bertz CT molecular complexity index is 549. The van der Waals surface area contributed by atoms with Gasteiger partial charge < -0.3 is 10.1 Å². The number of anilines is 1. The lowest BCUT2D eigenvalue weighted by molar-refractivity contribution is -0.141. The van der Waals surface area contributed by atoms with Crippen LogP contribution in [0.1, 0.15) is 15.8 Å². The summed E-state index contributed by atoms with van der Waals surface area (Å²) in [6.45, 7) is 2.01. The Labute approximate surface area is 124 Å². The van der Waals surface area contributed by atoms with Gasteiger partial charge in [-0.1, -0.05) is 18.2 Å².